The summed E-state index contributed by atoms with van der Waals surface area (Å²) in [6.07, 6.45) is 3.53. The molecule has 2 amide bonds. The Hall–Kier alpha value is -2.34. The van der Waals surface area contributed by atoms with E-state index in [2.05, 4.69) is 10.3 Å². The predicted octanol–water partition coefficient (Wildman–Crippen LogP) is 1.67. The molecule has 2 aromatic rings. The second-order valence-electron chi connectivity index (χ2n) is 3.86. The van der Waals surface area contributed by atoms with Crippen molar-refractivity contribution in [2.24, 2.45) is 5.73 Å². The highest BCUT2D eigenvalue weighted by Crippen LogP contribution is 2.39. The van der Waals surface area contributed by atoms with Crippen LogP contribution in [0.4, 0.5) is 5.00 Å². The second-order valence-corrected chi connectivity index (χ2v) is 4.91. The van der Waals surface area contributed by atoms with E-state index in [0.717, 1.165) is 11.3 Å². The molecule has 0 aliphatic carbocycles. The molecule has 90 valence electrons. The number of H-pyrrole nitrogens is 1. The molecule has 0 fully saturated rings. The van der Waals surface area contributed by atoms with Crippen molar-refractivity contribution in [3.05, 3.63) is 40.5 Å². The lowest BCUT2D eigenvalue weighted by Crippen LogP contribution is -2.09. The topological polar surface area (TPSA) is 88.0 Å². The molecule has 0 bridgehead atoms. The molecule has 3 rings (SSSR count). The molecule has 0 spiro atoms. The Labute approximate surface area is 106 Å². The molecule has 2 aromatic heterocycles. The van der Waals surface area contributed by atoms with Gasteiger partial charge in [-0.3, -0.25) is 9.59 Å². The van der Waals surface area contributed by atoms with Gasteiger partial charge >= 0.3 is 0 Å². The minimum atomic E-state index is -0.483. The molecule has 18 heavy (non-hydrogen) atoms. The van der Waals surface area contributed by atoms with Crippen molar-refractivity contribution in [2.75, 3.05) is 5.32 Å². The van der Waals surface area contributed by atoms with Crippen LogP contribution in [0.2, 0.25) is 0 Å². The van der Waals surface area contributed by atoms with Crippen LogP contribution in [0.25, 0.3) is 11.6 Å². The minimum absolute atomic E-state index is 0.165. The maximum Gasteiger partial charge on any atom is 0.258 e. The first kappa shape index (κ1) is 10.8. The molecule has 5 nitrogen and oxygen atoms in total. The third kappa shape index (κ3) is 1.63. The van der Waals surface area contributed by atoms with Crippen LogP contribution in [0.15, 0.2) is 24.4 Å². The van der Waals surface area contributed by atoms with E-state index >= 15 is 0 Å². The summed E-state index contributed by atoms with van der Waals surface area (Å²) in [4.78, 5) is 26.3. The number of nitrogens with one attached hydrogen (secondary N) is 2. The number of carbonyl (C=O) groups excluding carboxylic acids is 2. The van der Waals surface area contributed by atoms with Gasteiger partial charge in [-0.25, -0.2) is 0 Å². The zero-order valence-electron chi connectivity index (χ0n) is 9.19. The summed E-state index contributed by atoms with van der Waals surface area (Å²) in [6.45, 7) is 0. The molecular weight excluding hydrogens is 250 g/mol. The minimum Gasteiger partial charge on any atom is -0.365 e. The van der Waals surface area contributed by atoms with Gasteiger partial charge in [0.05, 0.1) is 10.5 Å². The molecule has 0 aromatic carbocycles. The van der Waals surface area contributed by atoms with E-state index in [-0.39, 0.29) is 5.91 Å². The number of aromatic nitrogens is 1. The van der Waals surface area contributed by atoms with Crippen LogP contribution < -0.4 is 11.1 Å². The summed E-state index contributed by atoms with van der Waals surface area (Å²) < 4.78 is 0. The third-order valence-corrected chi connectivity index (χ3v) is 3.72. The highest BCUT2D eigenvalue weighted by molar-refractivity contribution is 7.18. The van der Waals surface area contributed by atoms with Gasteiger partial charge in [0.2, 0.25) is 0 Å². The van der Waals surface area contributed by atoms with Gasteiger partial charge in [-0.2, -0.15) is 0 Å². The smallest absolute Gasteiger partial charge is 0.258 e. The average molecular weight is 259 g/mol. The number of thiophene rings is 1. The zero-order chi connectivity index (χ0) is 12.7. The van der Waals surface area contributed by atoms with E-state index in [4.69, 9.17) is 5.73 Å². The summed E-state index contributed by atoms with van der Waals surface area (Å²) in [7, 11) is 0. The SMILES string of the molecule is NC(=O)c1cc2c(s1)NC(=O)/C2=C/c1ccc[nH]1. The molecule has 1 aliphatic rings. The van der Waals surface area contributed by atoms with Crippen molar-refractivity contribution in [3.8, 4) is 0 Å². The number of hydrogen-bond donors (Lipinski definition) is 3. The summed E-state index contributed by atoms with van der Waals surface area (Å²) >= 11 is 1.19. The van der Waals surface area contributed by atoms with Crippen LogP contribution >= 0.6 is 11.3 Å². The molecule has 0 atom stereocenters. The van der Waals surface area contributed by atoms with Gasteiger partial charge in [0.1, 0.15) is 5.00 Å². The lowest BCUT2D eigenvalue weighted by molar-refractivity contribution is -0.110. The van der Waals surface area contributed by atoms with E-state index in [9.17, 15) is 9.59 Å². The van der Waals surface area contributed by atoms with E-state index in [1.54, 1.807) is 18.3 Å². The lowest BCUT2D eigenvalue weighted by Gasteiger charge is -1.95. The van der Waals surface area contributed by atoms with Gasteiger partial charge in [0.25, 0.3) is 11.8 Å². The normalized spacial score (nSPS) is 15.8. The van der Waals surface area contributed by atoms with Crippen LogP contribution in [-0.2, 0) is 4.79 Å². The Bertz CT molecular complexity index is 668. The van der Waals surface area contributed by atoms with Crippen molar-refractivity contribution in [2.45, 2.75) is 0 Å². The largest absolute Gasteiger partial charge is 0.365 e. The number of amides is 2. The highest BCUT2D eigenvalue weighted by Gasteiger charge is 2.27. The molecular formula is C12H9N3O2S. The zero-order valence-corrected chi connectivity index (χ0v) is 10.0. The van der Waals surface area contributed by atoms with Crippen LogP contribution in [-0.4, -0.2) is 16.8 Å². The standard InChI is InChI=1S/C12H9N3O2S/c13-10(16)9-5-8-7(4-6-2-1-3-14-6)11(17)15-12(8)18-9/h1-5,14H,(H2,13,16)(H,15,17)/b7-4+. The summed E-state index contributed by atoms with van der Waals surface area (Å²) in [5.74, 6) is -0.648. The van der Waals surface area contributed by atoms with Crippen LogP contribution in [0.1, 0.15) is 20.9 Å². The van der Waals surface area contributed by atoms with E-state index in [1.807, 2.05) is 12.1 Å². The van der Waals surface area contributed by atoms with Crippen molar-refractivity contribution in [3.63, 3.8) is 0 Å². The third-order valence-electron chi connectivity index (χ3n) is 2.66. The Morgan fingerprint density at radius 3 is 2.94 bits per heavy atom. The van der Waals surface area contributed by atoms with Gasteiger partial charge in [-0.15, -0.1) is 11.3 Å². The fourth-order valence-electron chi connectivity index (χ4n) is 1.83. The Kier molecular flexibility index (Phi) is 2.31. The van der Waals surface area contributed by atoms with E-state index in [1.165, 1.54) is 11.3 Å². The Morgan fingerprint density at radius 2 is 2.28 bits per heavy atom. The summed E-state index contributed by atoms with van der Waals surface area (Å²) in [6, 6.07) is 5.36. The number of anilines is 1. The molecule has 1 aliphatic heterocycles. The molecule has 0 saturated heterocycles. The van der Waals surface area contributed by atoms with E-state index < -0.39 is 5.91 Å². The van der Waals surface area contributed by atoms with Gasteiger partial charge < -0.3 is 16.0 Å². The first-order valence-corrected chi connectivity index (χ1v) is 6.07. The molecule has 0 unspecified atom stereocenters. The van der Waals surface area contributed by atoms with Crippen molar-refractivity contribution < 1.29 is 9.59 Å². The van der Waals surface area contributed by atoms with Crippen LogP contribution in [0.3, 0.4) is 0 Å². The van der Waals surface area contributed by atoms with Crippen LogP contribution in [0.5, 0.6) is 0 Å². The van der Waals surface area contributed by atoms with Crippen molar-refractivity contribution >= 4 is 39.8 Å². The number of primary amides is 1. The molecule has 0 saturated carbocycles. The van der Waals surface area contributed by atoms with Gasteiger partial charge in [-0.05, 0) is 24.3 Å². The predicted molar refractivity (Wildman–Crippen MR) is 70.1 cm³/mol. The molecule has 3 heterocycles. The monoisotopic (exact) mass is 259 g/mol. The van der Waals surface area contributed by atoms with Gasteiger partial charge in [0, 0.05) is 17.5 Å². The number of carbonyl (C=O) groups is 2. The highest BCUT2D eigenvalue weighted by atomic mass is 32.1. The number of aromatic amines is 1. The number of rotatable bonds is 2. The van der Waals surface area contributed by atoms with Crippen LogP contribution in [0, 0.1) is 0 Å². The van der Waals surface area contributed by atoms with Crippen molar-refractivity contribution in [1.82, 2.24) is 4.98 Å². The fraction of sp³-hybridized carbons (Fsp3) is 0. The quantitative estimate of drug-likeness (QED) is 0.716. The second kappa shape index (κ2) is 3.85. The lowest BCUT2D eigenvalue weighted by atomic mass is 10.1. The summed E-state index contributed by atoms with van der Waals surface area (Å²) in [5.41, 5.74) is 7.33. The first-order chi connectivity index (χ1) is 8.65. The molecule has 6 heteroatoms. The molecule has 0 radical (unpaired) electrons. The van der Waals surface area contributed by atoms with E-state index in [0.29, 0.717) is 15.5 Å². The number of fused-ring (bicyclic) bond motifs is 1. The first-order valence-electron chi connectivity index (χ1n) is 5.25. The maximum atomic E-state index is 11.8. The van der Waals surface area contributed by atoms with Gasteiger partial charge in [-0.1, -0.05) is 0 Å². The maximum absolute atomic E-state index is 11.8. The number of hydrogen-bond acceptors (Lipinski definition) is 3. The fourth-order valence-corrected chi connectivity index (χ4v) is 2.75. The molecule has 4 N–H and O–H groups in total. The van der Waals surface area contributed by atoms with Gasteiger partial charge in [0.15, 0.2) is 0 Å². The summed E-state index contributed by atoms with van der Waals surface area (Å²) in [5, 5.41) is 3.40. The number of nitrogens with two attached hydrogens (primary N) is 1. The van der Waals surface area contributed by atoms with Crippen molar-refractivity contribution in [1.29, 1.82) is 0 Å². The Balaban J connectivity index is 2.08. The average Bonchev–Trinajstić information content (AvgIpc) is 2.98. The Morgan fingerprint density at radius 1 is 1.44 bits per heavy atom.